The number of thiophene rings is 1. The lowest BCUT2D eigenvalue weighted by molar-refractivity contribution is 0.121. The predicted molar refractivity (Wildman–Crippen MR) is 351 cm³/mol. The van der Waals surface area contributed by atoms with E-state index in [-0.39, 0.29) is 51.1 Å². The van der Waals surface area contributed by atoms with Gasteiger partial charge in [0, 0.05) is 44.4 Å². The molecule has 1 aromatic heterocycles. The van der Waals surface area contributed by atoms with E-state index in [0.717, 1.165) is 23.7 Å². The molecule has 3 aliphatic heterocycles. The summed E-state index contributed by atoms with van der Waals surface area (Å²) in [5.74, 6) is 1.88. The maximum Gasteiger partial charge on any atom is 0.228 e. The van der Waals surface area contributed by atoms with Crippen molar-refractivity contribution < 1.29 is 0 Å². The van der Waals surface area contributed by atoms with E-state index in [1.165, 1.54) is 128 Å². The Hall–Kier alpha value is -6.30. The van der Waals surface area contributed by atoms with Crippen molar-refractivity contribution in [3.8, 4) is 0 Å². The third-order valence-corrected chi connectivity index (χ3v) is 24.6. The number of anilines is 7. The zero-order valence-corrected chi connectivity index (χ0v) is 51.4. The molecule has 16 rings (SSSR count). The quantitative estimate of drug-likeness (QED) is 0.154. The van der Waals surface area contributed by atoms with Crippen molar-refractivity contribution in [2.75, 3.05) is 14.7 Å². The maximum atomic E-state index is 2.97. The highest BCUT2D eigenvalue weighted by molar-refractivity contribution is 7.26. The van der Waals surface area contributed by atoms with Crippen LogP contribution in [0.15, 0.2) is 175 Å². The first-order chi connectivity index (χ1) is 39.2. The molecule has 0 amide bonds. The minimum Gasteiger partial charge on any atom is -0.338 e. The molecule has 0 radical (unpaired) electrons. The molecular formula is C77H82BN3S. The minimum atomic E-state index is -0.0221. The maximum absolute atomic E-state index is 2.97. The van der Waals surface area contributed by atoms with Crippen LogP contribution in [0, 0.1) is 28.1 Å². The molecule has 4 heterocycles. The molecule has 82 heavy (non-hydrogen) atoms. The molecule has 2 fully saturated rings. The Morgan fingerprint density at radius 2 is 1.29 bits per heavy atom. The molecule has 6 bridgehead atoms. The van der Waals surface area contributed by atoms with Crippen LogP contribution in [0.25, 0.3) is 15.7 Å². The van der Waals surface area contributed by atoms with Crippen LogP contribution >= 0.6 is 11.3 Å². The van der Waals surface area contributed by atoms with Gasteiger partial charge in [0.2, 0.25) is 6.71 Å². The van der Waals surface area contributed by atoms with Crippen LogP contribution < -0.4 is 25.6 Å². The van der Waals surface area contributed by atoms with Gasteiger partial charge in [-0.2, -0.15) is 0 Å². The van der Waals surface area contributed by atoms with E-state index in [4.69, 9.17) is 0 Å². The molecule has 5 heteroatoms. The van der Waals surface area contributed by atoms with Gasteiger partial charge in [0.05, 0.1) is 16.7 Å². The predicted octanol–water partition coefficient (Wildman–Crippen LogP) is 20.0. The van der Waals surface area contributed by atoms with Crippen molar-refractivity contribution in [1.82, 2.24) is 0 Å². The molecule has 6 aromatic carbocycles. The van der Waals surface area contributed by atoms with Gasteiger partial charge in [-0.05, 0) is 224 Å². The average Bonchev–Trinajstić information content (AvgIpc) is 1.39. The van der Waals surface area contributed by atoms with E-state index in [9.17, 15) is 0 Å². The second kappa shape index (κ2) is 17.4. The highest BCUT2D eigenvalue weighted by atomic mass is 32.1. The molecule has 414 valence electrons. The van der Waals surface area contributed by atoms with Gasteiger partial charge in [0.25, 0.3) is 0 Å². The Balaban J connectivity index is 1.07. The van der Waals surface area contributed by atoms with Crippen molar-refractivity contribution in [2.24, 2.45) is 28.1 Å². The fraction of sp³-hybridized carbons (Fsp3) is 0.403. The number of fused-ring (bicyclic) bond motifs is 3. The van der Waals surface area contributed by atoms with Gasteiger partial charge >= 0.3 is 0 Å². The highest BCUT2D eigenvalue weighted by Gasteiger charge is 2.57. The lowest BCUT2D eigenvalue weighted by Crippen LogP contribution is -2.62. The summed E-state index contributed by atoms with van der Waals surface area (Å²) < 4.78 is 1.47. The zero-order chi connectivity index (χ0) is 56.2. The molecule has 1 spiro atoms. The summed E-state index contributed by atoms with van der Waals surface area (Å²) in [5, 5.41) is 2.93. The molecule has 6 aliphatic carbocycles. The van der Waals surface area contributed by atoms with Gasteiger partial charge < -0.3 is 14.7 Å². The Bertz CT molecular complexity index is 3920. The zero-order valence-electron chi connectivity index (χ0n) is 50.6. The molecule has 3 nitrogen and oxygen atoms in total. The van der Waals surface area contributed by atoms with E-state index in [1.807, 2.05) is 0 Å². The van der Waals surface area contributed by atoms with Crippen LogP contribution in [0.2, 0.25) is 5.82 Å². The number of hydrogen-bond acceptors (Lipinski definition) is 4. The van der Waals surface area contributed by atoms with Crippen LogP contribution in [0.1, 0.15) is 168 Å². The van der Waals surface area contributed by atoms with E-state index >= 15 is 0 Å². The van der Waals surface area contributed by atoms with Crippen LogP contribution in [0.5, 0.6) is 0 Å². The summed E-state index contributed by atoms with van der Waals surface area (Å²) in [5.41, 5.74) is 24.8. The van der Waals surface area contributed by atoms with Gasteiger partial charge in [-0.3, -0.25) is 0 Å². The molecule has 2 saturated carbocycles. The van der Waals surface area contributed by atoms with E-state index in [2.05, 4.69) is 260 Å². The van der Waals surface area contributed by atoms with Crippen molar-refractivity contribution in [3.63, 3.8) is 0 Å². The second-order valence-electron chi connectivity index (χ2n) is 30.5. The first-order valence-electron chi connectivity index (χ1n) is 31.6. The van der Waals surface area contributed by atoms with Crippen LogP contribution in [-0.2, 0) is 16.2 Å². The molecule has 9 aliphatic rings. The summed E-state index contributed by atoms with van der Waals surface area (Å²) in [6.45, 7) is 28.2. The molecule has 6 atom stereocenters. The van der Waals surface area contributed by atoms with E-state index in [1.54, 1.807) is 22.2 Å². The van der Waals surface area contributed by atoms with E-state index < -0.39 is 0 Å². The number of hydrogen-bond donors (Lipinski definition) is 0. The van der Waals surface area contributed by atoms with Crippen LogP contribution in [0.4, 0.5) is 39.1 Å². The normalized spacial score (nSPS) is 27.6. The molecule has 0 N–H and O–H groups in total. The van der Waals surface area contributed by atoms with Crippen molar-refractivity contribution >= 4 is 83.8 Å². The van der Waals surface area contributed by atoms with Crippen LogP contribution in [0.3, 0.4) is 0 Å². The first kappa shape index (κ1) is 51.4. The second-order valence-corrected chi connectivity index (χ2v) is 31.5. The fourth-order valence-corrected chi connectivity index (χ4v) is 20.1. The third kappa shape index (κ3) is 7.32. The van der Waals surface area contributed by atoms with Crippen molar-refractivity contribution in [2.45, 2.75) is 168 Å². The van der Waals surface area contributed by atoms with E-state index in [0.29, 0.717) is 11.8 Å². The molecule has 6 unspecified atom stereocenters. The van der Waals surface area contributed by atoms with Crippen LogP contribution in [-0.4, -0.2) is 12.8 Å². The lowest BCUT2D eigenvalue weighted by atomic mass is 9.29. The smallest absolute Gasteiger partial charge is 0.228 e. The fourth-order valence-electron chi connectivity index (χ4n) is 18.8. The standard InChI is InChI=1S/C77H82BN3S/c1-47-49-31-32-77(45-49)46-76(10,11)50-27-30-64-63(37-50)78-69-57-42-59(77)55(47)43-68(57)82-71(69)80(53-28-29-58-60(38-53)73(4,5)34-33-72(58,2)3)66-39-54(79(51-23-17-13-18-24-51)52-25-19-14-20-26-52)40-67(70(66)78)81(64)65-44-62-61(74(6,7)35-36-75(62,8)9)41-56(65)48-21-15-12-16-22-48/h12-30,37-43,47,49,62-64H,31-36,44-46H2,1-11H3. The average molecular weight is 1090 g/mol. The number of allylic oxidation sites excluding steroid dienone is 6. The number of benzene rings is 6. The number of nitrogens with zero attached hydrogens (tertiary/aromatic N) is 3. The van der Waals surface area contributed by atoms with Crippen molar-refractivity contribution in [3.05, 3.63) is 202 Å². The third-order valence-electron chi connectivity index (χ3n) is 23.5. The largest absolute Gasteiger partial charge is 0.338 e. The summed E-state index contributed by atoms with van der Waals surface area (Å²) in [6.07, 6.45) is 21.9. The monoisotopic (exact) mass is 1090 g/mol. The van der Waals surface area contributed by atoms with Gasteiger partial charge in [0.1, 0.15) is 0 Å². The summed E-state index contributed by atoms with van der Waals surface area (Å²) in [4.78, 5) is 8.34. The summed E-state index contributed by atoms with van der Waals surface area (Å²) in [6, 6.07) is 52.6. The highest BCUT2D eigenvalue weighted by Crippen LogP contribution is 2.64. The SMILES string of the molecule is CC1c2cc3sc4c5c3cc2C2(CCC1C2)CC(C)(C)C1=CC2B5c3c(cc(N(c5ccccc5)c5ccccc5)cc3N(C3=C(c5ccccc5)C=C5C(C3)C(C)(C)CCC5(C)C)C2C=C1)N4c1ccc2c(c1)C(C)(C)CCC2(C)C. The van der Waals surface area contributed by atoms with Crippen molar-refractivity contribution in [1.29, 1.82) is 0 Å². The van der Waals surface area contributed by atoms with Gasteiger partial charge in [-0.1, -0.05) is 179 Å². The Morgan fingerprint density at radius 1 is 0.622 bits per heavy atom. The summed E-state index contributed by atoms with van der Waals surface area (Å²) in [7, 11) is 0. The summed E-state index contributed by atoms with van der Waals surface area (Å²) >= 11 is 2.10. The minimum absolute atomic E-state index is 0.0221. The Morgan fingerprint density at radius 3 is 2.01 bits per heavy atom. The lowest BCUT2D eigenvalue weighted by Gasteiger charge is -2.55. The molecular weight excluding hydrogens is 1010 g/mol. The molecule has 7 aromatic rings. The number of rotatable bonds is 6. The topological polar surface area (TPSA) is 9.72 Å². The van der Waals surface area contributed by atoms with Gasteiger partial charge in [0.15, 0.2) is 0 Å². The Labute approximate surface area is 494 Å². The Kier molecular flexibility index (Phi) is 10.9. The van der Waals surface area contributed by atoms with Gasteiger partial charge in [-0.15, -0.1) is 11.3 Å². The first-order valence-corrected chi connectivity index (χ1v) is 32.4. The number of para-hydroxylation sites is 2. The van der Waals surface area contributed by atoms with Gasteiger partial charge in [-0.25, -0.2) is 0 Å². The molecule has 0 saturated heterocycles.